The Morgan fingerprint density at radius 2 is 2.05 bits per heavy atom. The number of ether oxygens (including phenoxy) is 1. The highest BCUT2D eigenvalue weighted by atomic mass is 35.5. The Balaban J connectivity index is 3.01. The van der Waals surface area contributed by atoms with E-state index < -0.39 is 17.6 Å². The molecule has 0 radical (unpaired) electrons. The molecule has 0 saturated carbocycles. The lowest BCUT2D eigenvalue weighted by Crippen LogP contribution is -2.59. The summed E-state index contributed by atoms with van der Waals surface area (Å²) < 4.78 is 43.5. The van der Waals surface area contributed by atoms with E-state index in [9.17, 15) is 18.0 Å². The van der Waals surface area contributed by atoms with Gasteiger partial charge >= 0.3 is 6.18 Å². The van der Waals surface area contributed by atoms with E-state index >= 15 is 0 Å². The van der Waals surface area contributed by atoms with Gasteiger partial charge in [-0.1, -0.05) is 18.5 Å². The van der Waals surface area contributed by atoms with Crippen molar-refractivity contribution in [3.63, 3.8) is 0 Å². The van der Waals surface area contributed by atoms with Gasteiger partial charge in [-0.25, -0.2) is 0 Å². The topological polar surface area (TPSA) is 64.3 Å². The van der Waals surface area contributed by atoms with Crippen molar-refractivity contribution in [2.45, 2.75) is 32.0 Å². The average molecular weight is 325 g/mol. The second-order valence-electron chi connectivity index (χ2n) is 4.64. The van der Waals surface area contributed by atoms with Crippen LogP contribution in [0.5, 0.6) is 5.75 Å². The van der Waals surface area contributed by atoms with Gasteiger partial charge in [0.05, 0.1) is 12.3 Å². The minimum atomic E-state index is -4.87. The van der Waals surface area contributed by atoms with Gasteiger partial charge in [-0.2, -0.15) is 13.2 Å². The van der Waals surface area contributed by atoms with Gasteiger partial charge in [0.25, 0.3) is 5.91 Å². The van der Waals surface area contributed by atoms with Gasteiger partial charge in [0, 0.05) is 5.02 Å². The van der Waals surface area contributed by atoms with Crippen LogP contribution in [-0.2, 0) is 4.79 Å². The fourth-order valence-corrected chi connectivity index (χ4v) is 1.49. The van der Waals surface area contributed by atoms with Crippen LogP contribution in [0.1, 0.15) is 20.3 Å². The van der Waals surface area contributed by atoms with Crippen molar-refractivity contribution in [2.75, 3.05) is 11.9 Å². The second kappa shape index (κ2) is 6.53. The minimum absolute atomic E-state index is 0.0434. The van der Waals surface area contributed by atoms with Crippen LogP contribution in [0.2, 0.25) is 5.02 Å². The molecule has 1 amide bonds. The summed E-state index contributed by atoms with van der Waals surface area (Å²) in [5.41, 5.74) is 2.09. The number of halogens is 4. The molecule has 3 N–H and O–H groups in total. The zero-order chi connectivity index (χ0) is 16.3. The first-order valence-corrected chi connectivity index (χ1v) is 6.56. The number of benzene rings is 1. The maximum atomic E-state index is 12.7. The molecule has 0 fully saturated rings. The monoisotopic (exact) mass is 324 g/mol. The smallest absolute Gasteiger partial charge is 0.415 e. The SMILES string of the molecule is CCCOc1ccc(Cl)cc1NC(=O)C(C)(N)C(F)(F)F. The van der Waals surface area contributed by atoms with Crippen LogP contribution >= 0.6 is 11.6 Å². The summed E-state index contributed by atoms with van der Waals surface area (Å²) in [6, 6.07) is 4.28. The number of nitrogens with one attached hydrogen (secondary N) is 1. The van der Waals surface area contributed by atoms with E-state index in [1.807, 2.05) is 6.92 Å². The molecule has 1 rings (SSSR count). The lowest BCUT2D eigenvalue weighted by atomic mass is 10.0. The molecule has 0 aromatic heterocycles. The van der Waals surface area contributed by atoms with Gasteiger partial charge in [-0.15, -0.1) is 0 Å². The fourth-order valence-electron chi connectivity index (χ4n) is 1.32. The fraction of sp³-hybridized carbons (Fsp3) is 0.462. The number of carbonyl (C=O) groups excluding carboxylic acids is 1. The van der Waals surface area contributed by atoms with Crippen molar-refractivity contribution in [1.29, 1.82) is 0 Å². The minimum Gasteiger partial charge on any atom is -0.491 e. The molecule has 0 bridgehead atoms. The molecule has 0 spiro atoms. The number of carbonyl (C=O) groups is 1. The van der Waals surface area contributed by atoms with Gasteiger partial charge in [0.2, 0.25) is 0 Å². The average Bonchev–Trinajstić information content (AvgIpc) is 2.36. The molecule has 8 heteroatoms. The normalized spacial score (nSPS) is 14.4. The Morgan fingerprint density at radius 1 is 1.43 bits per heavy atom. The summed E-state index contributed by atoms with van der Waals surface area (Å²) in [7, 11) is 0. The second-order valence-corrected chi connectivity index (χ2v) is 5.08. The third-order valence-corrected chi connectivity index (χ3v) is 2.95. The molecule has 21 heavy (non-hydrogen) atoms. The predicted octanol–water partition coefficient (Wildman–Crippen LogP) is 3.35. The van der Waals surface area contributed by atoms with Crippen LogP contribution in [0.4, 0.5) is 18.9 Å². The molecule has 4 nitrogen and oxygen atoms in total. The maximum absolute atomic E-state index is 12.7. The van der Waals surface area contributed by atoms with Crippen LogP contribution in [0.3, 0.4) is 0 Å². The largest absolute Gasteiger partial charge is 0.491 e. The van der Waals surface area contributed by atoms with Crippen LogP contribution in [0.25, 0.3) is 0 Å². The van der Waals surface area contributed by atoms with Crippen molar-refractivity contribution in [2.24, 2.45) is 5.73 Å². The van der Waals surface area contributed by atoms with Crippen molar-refractivity contribution < 1.29 is 22.7 Å². The molecule has 0 aliphatic heterocycles. The summed E-state index contributed by atoms with van der Waals surface area (Å²) in [5, 5.41) is 2.36. The molecule has 1 aromatic carbocycles. The van der Waals surface area contributed by atoms with E-state index in [0.717, 1.165) is 0 Å². The molecule has 0 heterocycles. The summed E-state index contributed by atoms with van der Waals surface area (Å²) >= 11 is 5.78. The lowest BCUT2D eigenvalue weighted by molar-refractivity contribution is -0.184. The van der Waals surface area contributed by atoms with E-state index in [1.165, 1.54) is 18.2 Å². The van der Waals surface area contributed by atoms with Crippen LogP contribution in [-0.4, -0.2) is 24.2 Å². The Labute approximate surface area is 125 Å². The van der Waals surface area contributed by atoms with Crippen LogP contribution in [0, 0.1) is 0 Å². The summed E-state index contributed by atoms with van der Waals surface area (Å²) in [5.74, 6) is -1.16. The Hall–Kier alpha value is -1.47. The van der Waals surface area contributed by atoms with E-state index in [0.29, 0.717) is 20.0 Å². The van der Waals surface area contributed by atoms with Gasteiger partial charge in [-0.3, -0.25) is 4.79 Å². The van der Waals surface area contributed by atoms with E-state index in [1.54, 1.807) is 0 Å². The predicted molar refractivity (Wildman–Crippen MR) is 74.5 cm³/mol. The number of anilines is 1. The first-order valence-electron chi connectivity index (χ1n) is 6.19. The third kappa shape index (κ3) is 4.25. The zero-order valence-corrected chi connectivity index (χ0v) is 12.3. The molecular weight excluding hydrogens is 309 g/mol. The van der Waals surface area contributed by atoms with E-state index in [2.05, 4.69) is 5.32 Å². The highest BCUT2D eigenvalue weighted by molar-refractivity contribution is 6.31. The van der Waals surface area contributed by atoms with E-state index in [-0.39, 0.29) is 16.5 Å². The number of amides is 1. The number of hydrogen-bond acceptors (Lipinski definition) is 3. The first-order chi connectivity index (χ1) is 9.59. The highest BCUT2D eigenvalue weighted by Gasteiger charge is 2.54. The van der Waals surface area contributed by atoms with Gasteiger partial charge in [0.1, 0.15) is 5.75 Å². The number of alkyl halides is 3. The Morgan fingerprint density at radius 3 is 2.57 bits per heavy atom. The van der Waals surface area contributed by atoms with E-state index in [4.69, 9.17) is 22.1 Å². The molecule has 0 saturated heterocycles. The van der Waals surface area contributed by atoms with Crippen molar-refractivity contribution in [1.82, 2.24) is 0 Å². The van der Waals surface area contributed by atoms with Crippen LogP contribution < -0.4 is 15.8 Å². The van der Waals surface area contributed by atoms with Gasteiger partial charge < -0.3 is 15.8 Å². The molecule has 118 valence electrons. The number of nitrogens with two attached hydrogens (primary N) is 1. The summed E-state index contributed by atoms with van der Waals surface area (Å²) in [4.78, 5) is 11.8. The Kier molecular flexibility index (Phi) is 5.47. The van der Waals surface area contributed by atoms with Crippen molar-refractivity contribution in [3.05, 3.63) is 23.2 Å². The maximum Gasteiger partial charge on any atom is 0.415 e. The van der Waals surface area contributed by atoms with Crippen molar-refractivity contribution >= 4 is 23.2 Å². The third-order valence-electron chi connectivity index (χ3n) is 2.71. The quantitative estimate of drug-likeness (QED) is 0.873. The van der Waals surface area contributed by atoms with Gasteiger partial charge in [0.15, 0.2) is 5.54 Å². The van der Waals surface area contributed by atoms with Crippen molar-refractivity contribution in [3.8, 4) is 5.75 Å². The Bertz CT molecular complexity index is 519. The molecule has 0 aliphatic carbocycles. The van der Waals surface area contributed by atoms with Crippen LogP contribution in [0.15, 0.2) is 18.2 Å². The molecule has 1 atom stereocenters. The molecule has 1 unspecified atom stereocenters. The van der Waals surface area contributed by atoms with Gasteiger partial charge in [-0.05, 0) is 31.5 Å². The molecule has 0 aliphatic rings. The lowest BCUT2D eigenvalue weighted by Gasteiger charge is -2.26. The highest BCUT2D eigenvalue weighted by Crippen LogP contribution is 2.32. The number of rotatable bonds is 5. The standard InChI is InChI=1S/C13H16ClF3N2O2/c1-3-6-21-10-5-4-8(14)7-9(10)19-11(20)12(2,18)13(15,16)17/h4-5,7H,3,6,18H2,1-2H3,(H,19,20). The summed E-state index contributed by atoms with van der Waals surface area (Å²) in [6.45, 7) is 2.82. The molecule has 1 aromatic rings. The first kappa shape index (κ1) is 17.6. The zero-order valence-electron chi connectivity index (χ0n) is 11.6. The molecular formula is C13H16ClF3N2O2. The number of hydrogen-bond donors (Lipinski definition) is 2. The summed E-state index contributed by atoms with van der Waals surface area (Å²) in [6.07, 6.45) is -4.17.